The molecule has 0 radical (unpaired) electrons. The molecule has 18 heavy (non-hydrogen) atoms. The van der Waals surface area contributed by atoms with Gasteiger partial charge < -0.3 is 5.73 Å². The second-order valence-corrected chi connectivity index (χ2v) is 5.23. The number of nitrogens with two attached hydrogens (primary N) is 1. The second kappa shape index (κ2) is 6.78. The third kappa shape index (κ3) is 3.73. The third-order valence-electron chi connectivity index (χ3n) is 2.38. The number of nitrogens with zero attached hydrogens (tertiary/aromatic N) is 2. The third-order valence-corrected chi connectivity index (χ3v) is 3.91. The molecule has 2 rings (SSSR count). The molecule has 0 fully saturated rings. The minimum absolute atomic E-state index is 0.665. The summed E-state index contributed by atoms with van der Waals surface area (Å²) in [4.78, 5) is 5.46. The number of hydrogen-bond acceptors (Lipinski definition) is 4. The Morgan fingerprint density at radius 2 is 2.17 bits per heavy atom. The summed E-state index contributed by atoms with van der Waals surface area (Å²) in [5, 5.41) is 7.86. The second-order valence-electron chi connectivity index (χ2n) is 3.81. The molecule has 0 unspecified atom stereocenters. The highest BCUT2D eigenvalue weighted by molar-refractivity contribution is 7.98. The van der Waals surface area contributed by atoms with Crippen LogP contribution in [0.1, 0.15) is 18.1 Å². The number of halogens is 1. The maximum Gasteiger partial charge on any atom is 0.150 e. The molecule has 0 saturated heterocycles. The van der Waals surface area contributed by atoms with Gasteiger partial charge in [0, 0.05) is 11.3 Å². The van der Waals surface area contributed by atoms with E-state index in [0.29, 0.717) is 6.54 Å². The van der Waals surface area contributed by atoms with Gasteiger partial charge in [0.05, 0.1) is 10.8 Å². The molecular formula is C12H15ClN4S. The molecule has 0 spiro atoms. The Bertz CT molecular complexity index is 500. The van der Waals surface area contributed by atoms with Gasteiger partial charge in [0.25, 0.3) is 0 Å². The zero-order valence-corrected chi connectivity index (χ0v) is 11.5. The molecule has 2 aromatic rings. The molecule has 4 nitrogen and oxygen atoms in total. The maximum atomic E-state index is 6.08. The number of nitrogens with one attached hydrogen (secondary N) is 1. The van der Waals surface area contributed by atoms with Gasteiger partial charge in [-0.15, -0.1) is 11.8 Å². The van der Waals surface area contributed by atoms with Crippen molar-refractivity contribution >= 4 is 23.4 Å². The minimum atomic E-state index is 0.665. The molecule has 0 atom stereocenters. The molecule has 96 valence electrons. The summed E-state index contributed by atoms with van der Waals surface area (Å²) >= 11 is 7.73. The molecular weight excluding hydrogens is 268 g/mol. The first kappa shape index (κ1) is 13.4. The number of rotatable bonds is 6. The van der Waals surface area contributed by atoms with E-state index in [4.69, 9.17) is 17.3 Å². The predicted molar refractivity (Wildman–Crippen MR) is 74.8 cm³/mol. The molecule has 0 aliphatic carbocycles. The van der Waals surface area contributed by atoms with Crippen LogP contribution in [0.3, 0.4) is 0 Å². The van der Waals surface area contributed by atoms with Gasteiger partial charge in [-0.05, 0) is 25.1 Å². The van der Waals surface area contributed by atoms with Gasteiger partial charge in [0.1, 0.15) is 5.82 Å². The monoisotopic (exact) mass is 282 g/mol. The fraction of sp³-hybridized carbons (Fsp3) is 0.333. The van der Waals surface area contributed by atoms with Crippen LogP contribution in [0.4, 0.5) is 0 Å². The molecule has 1 aromatic carbocycles. The Morgan fingerprint density at radius 1 is 1.33 bits per heavy atom. The number of aryl methyl sites for hydroxylation is 1. The smallest absolute Gasteiger partial charge is 0.150 e. The predicted octanol–water partition coefficient (Wildman–Crippen LogP) is 2.64. The van der Waals surface area contributed by atoms with Gasteiger partial charge in [-0.1, -0.05) is 23.7 Å². The number of hydrogen-bond donors (Lipinski definition) is 2. The Balaban J connectivity index is 1.90. The Labute approximate surface area is 115 Å². The van der Waals surface area contributed by atoms with Crippen molar-refractivity contribution in [1.82, 2.24) is 15.2 Å². The van der Waals surface area contributed by atoms with Gasteiger partial charge >= 0.3 is 0 Å². The summed E-state index contributed by atoms with van der Waals surface area (Å²) in [5.41, 5.74) is 5.45. The van der Waals surface area contributed by atoms with Crippen molar-refractivity contribution in [3.8, 4) is 0 Å². The van der Waals surface area contributed by atoms with E-state index >= 15 is 0 Å². The first-order valence-corrected chi connectivity index (χ1v) is 7.13. The van der Waals surface area contributed by atoms with E-state index in [0.717, 1.165) is 40.2 Å². The quantitative estimate of drug-likeness (QED) is 0.799. The summed E-state index contributed by atoms with van der Waals surface area (Å²) < 4.78 is 0. The Morgan fingerprint density at radius 3 is 2.94 bits per heavy atom. The highest BCUT2D eigenvalue weighted by atomic mass is 35.5. The number of aromatic amines is 1. The molecule has 1 heterocycles. The minimum Gasteiger partial charge on any atom is -0.330 e. The lowest BCUT2D eigenvalue weighted by Gasteiger charge is -2.00. The fourth-order valence-corrected chi connectivity index (χ4v) is 2.58. The number of thioether (sulfide) groups is 1. The average Bonchev–Trinajstić information content (AvgIpc) is 2.83. The molecule has 0 aliphatic heterocycles. The fourth-order valence-electron chi connectivity index (χ4n) is 1.48. The van der Waals surface area contributed by atoms with Gasteiger partial charge in [-0.2, -0.15) is 5.10 Å². The van der Waals surface area contributed by atoms with Crippen molar-refractivity contribution < 1.29 is 0 Å². The first-order valence-electron chi connectivity index (χ1n) is 5.77. The molecule has 0 amide bonds. The largest absolute Gasteiger partial charge is 0.330 e. The topological polar surface area (TPSA) is 67.6 Å². The van der Waals surface area contributed by atoms with Crippen LogP contribution in [0.25, 0.3) is 0 Å². The highest BCUT2D eigenvalue weighted by Gasteiger charge is 2.05. The van der Waals surface area contributed by atoms with E-state index in [9.17, 15) is 0 Å². The van der Waals surface area contributed by atoms with E-state index < -0.39 is 0 Å². The average molecular weight is 283 g/mol. The van der Waals surface area contributed by atoms with Crippen LogP contribution in [0.2, 0.25) is 5.02 Å². The Hall–Kier alpha value is -1.04. The Kier molecular flexibility index (Phi) is 5.04. The van der Waals surface area contributed by atoms with Gasteiger partial charge in [0.15, 0.2) is 5.82 Å². The first-order chi connectivity index (χ1) is 8.79. The summed E-state index contributed by atoms with van der Waals surface area (Å²) in [5.74, 6) is 2.43. The lowest BCUT2D eigenvalue weighted by atomic mass is 10.3. The van der Waals surface area contributed by atoms with E-state index in [1.165, 1.54) is 0 Å². The van der Waals surface area contributed by atoms with Crippen LogP contribution in [0.15, 0.2) is 29.2 Å². The molecule has 0 saturated carbocycles. The van der Waals surface area contributed by atoms with Crippen LogP contribution >= 0.6 is 23.4 Å². The number of H-pyrrole nitrogens is 1. The van der Waals surface area contributed by atoms with Crippen molar-refractivity contribution in [2.75, 3.05) is 6.54 Å². The summed E-state index contributed by atoms with van der Waals surface area (Å²) in [6.07, 6.45) is 1.73. The van der Waals surface area contributed by atoms with Crippen LogP contribution in [-0.4, -0.2) is 21.7 Å². The molecule has 6 heteroatoms. The van der Waals surface area contributed by atoms with Gasteiger partial charge in [-0.25, -0.2) is 4.98 Å². The summed E-state index contributed by atoms with van der Waals surface area (Å²) in [6, 6.07) is 7.78. The summed E-state index contributed by atoms with van der Waals surface area (Å²) in [6.45, 7) is 0.665. The SMILES string of the molecule is NCCCc1n[nH]c(CSc2ccccc2Cl)n1. The molecule has 3 N–H and O–H groups in total. The van der Waals surface area contributed by atoms with Crippen molar-refractivity contribution in [3.05, 3.63) is 40.9 Å². The van der Waals surface area contributed by atoms with E-state index in [2.05, 4.69) is 15.2 Å². The van der Waals surface area contributed by atoms with Crippen molar-refractivity contribution in [3.63, 3.8) is 0 Å². The van der Waals surface area contributed by atoms with Crippen LogP contribution in [0.5, 0.6) is 0 Å². The van der Waals surface area contributed by atoms with Crippen LogP contribution in [0, 0.1) is 0 Å². The van der Waals surface area contributed by atoms with Crippen molar-refractivity contribution in [1.29, 1.82) is 0 Å². The van der Waals surface area contributed by atoms with Crippen molar-refractivity contribution in [2.45, 2.75) is 23.5 Å². The highest BCUT2D eigenvalue weighted by Crippen LogP contribution is 2.28. The molecule has 0 aliphatic rings. The van der Waals surface area contributed by atoms with E-state index in [1.54, 1.807) is 11.8 Å². The van der Waals surface area contributed by atoms with E-state index in [-0.39, 0.29) is 0 Å². The molecule has 1 aromatic heterocycles. The van der Waals surface area contributed by atoms with Crippen molar-refractivity contribution in [2.24, 2.45) is 5.73 Å². The number of benzene rings is 1. The van der Waals surface area contributed by atoms with Gasteiger partial charge in [0.2, 0.25) is 0 Å². The number of aromatic nitrogens is 3. The standard InChI is InChI=1S/C12H15ClN4S/c13-9-4-1-2-5-10(9)18-8-12-15-11(16-17-12)6-3-7-14/h1-2,4-5H,3,6-8,14H2,(H,15,16,17). The normalized spacial score (nSPS) is 10.8. The van der Waals surface area contributed by atoms with Gasteiger partial charge in [-0.3, -0.25) is 5.10 Å². The zero-order valence-electron chi connectivity index (χ0n) is 9.90. The summed E-state index contributed by atoms with van der Waals surface area (Å²) in [7, 11) is 0. The van der Waals surface area contributed by atoms with Crippen LogP contribution in [-0.2, 0) is 12.2 Å². The zero-order chi connectivity index (χ0) is 12.8. The maximum absolute atomic E-state index is 6.08. The van der Waals surface area contributed by atoms with Crippen LogP contribution < -0.4 is 5.73 Å². The van der Waals surface area contributed by atoms with E-state index in [1.807, 2.05) is 24.3 Å². The lowest BCUT2D eigenvalue weighted by Crippen LogP contribution is -2.01. The lowest BCUT2D eigenvalue weighted by molar-refractivity contribution is 0.785. The molecule has 0 bridgehead atoms.